The van der Waals surface area contributed by atoms with Crippen molar-refractivity contribution >= 4 is 23.6 Å². The van der Waals surface area contributed by atoms with E-state index < -0.39 is 23.8 Å². The molecule has 0 unspecified atom stereocenters. The molecule has 0 saturated heterocycles. The van der Waals surface area contributed by atoms with Gasteiger partial charge < -0.3 is 10.6 Å². The lowest BCUT2D eigenvalue weighted by Gasteiger charge is -2.19. The van der Waals surface area contributed by atoms with Gasteiger partial charge in [-0.1, -0.05) is 48.5 Å². The van der Waals surface area contributed by atoms with E-state index in [-0.39, 0.29) is 18.4 Å². The number of hydrazine groups is 1. The fraction of sp³-hybridized carbons (Fsp3) is 0.238. The summed E-state index contributed by atoms with van der Waals surface area (Å²) in [6.45, 7) is 3.42. The van der Waals surface area contributed by atoms with Gasteiger partial charge in [-0.2, -0.15) is 0 Å². The first-order chi connectivity index (χ1) is 13.9. The second-order valence-corrected chi connectivity index (χ2v) is 6.64. The molecule has 4 amide bonds. The zero-order valence-electron chi connectivity index (χ0n) is 16.3. The van der Waals surface area contributed by atoms with E-state index in [0.29, 0.717) is 5.56 Å². The molecule has 29 heavy (non-hydrogen) atoms. The van der Waals surface area contributed by atoms with Crippen LogP contribution in [0.25, 0.3) is 0 Å². The lowest BCUT2D eigenvalue weighted by Crippen LogP contribution is -2.50. The number of hydrogen-bond donors (Lipinski definition) is 4. The SMILES string of the molecule is CC(C)NC(=O)C(=O)NNC(=O)C[C@H](NC(=O)c1ccccc1)c1ccccc1. The molecule has 8 heteroatoms. The molecule has 8 nitrogen and oxygen atoms in total. The molecule has 0 saturated carbocycles. The van der Waals surface area contributed by atoms with Gasteiger partial charge in [0.05, 0.1) is 12.5 Å². The van der Waals surface area contributed by atoms with Crippen LogP contribution in [0.15, 0.2) is 60.7 Å². The van der Waals surface area contributed by atoms with Crippen molar-refractivity contribution in [1.82, 2.24) is 21.5 Å². The van der Waals surface area contributed by atoms with E-state index in [1.807, 2.05) is 6.07 Å². The lowest BCUT2D eigenvalue weighted by molar-refractivity contribution is -0.141. The van der Waals surface area contributed by atoms with Crippen LogP contribution in [0.3, 0.4) is 0 Å². The second-order valence-electron chi connectivity index (χ2n) is 6.64. The van der Waals surface area contributed by atoms with Crippen LogP contribution in [0.5, 0.6) is 0 Å². The Morgan fingerprint density at radius 1 is 0.759 bits per heavy atom. The first-order valence-electron chi connectivity index (χ1n) is 9.17. The quantitative estimate of drug-likeness (QED) is 0.434. The molecule has 2 rings (SSSR count). The summed E-state index contributed by atoms with van der Waals surface area (Å²) >= 11 is 0. The Kier molecular flexibility index (Phi) is 7.90. The topological polar surface area (TPSA) is 116 Å². The van der Waals surface area contributed by atoms with E-state index in [9.17, 15) is 19.2 Å². The third kappa shape index (κ3) is 7.10. The van der Waals surface area contributed by atoms with Gasteiger partial charge in [-0.25, -0.2) is 0 Å². The zero-order chi connectivity index (χ0) is 21.2. The Balaban J connectivity index is 2.00. The number of hydrogen-bond acceptors (Lipinski definition) is 4. The fourth-order valence-corrected chi connectivity index (χ4v) is 2.52. The average molecular weight is 396 g/mol. The number of amides is 4. The molecule has 0 heterocycles. The fourth-order valence-electron chi connectivity index (χ4n) is 2.52. The number of nitrogens with one attached hydrogen (secondary N) is 4. The summed E-state index contributed by atoms with van der Waals surface area (Å²) in [5, 5.41) is 5.24. The molecule has 0 aliphatic carbocycles. The van der Waals surface area contributed by atoms with E-state index in [2.05, 4.69) is 21.5 Å². The molecule has 1 atom stereocenters. The van der Waals surface area contributed by atoms with Gasteiger partial charge in [0, 0.05) is 11.6 Å². The maximum absolute atomic E-state index is 12.5. The maximum atomic E-state index is 12.5. The molecule has 0 bridgehead atoms. The van der Waals surface area contributed by atoms with Crippen molar-refractivity contribution in [3.63, 3.8) is 0 Å². The van der Waals surface area contributed by atoms with Crippen LogP contribution in [-0.2, 0) is 14.4 Å². The molecule has 2 aromatic rings. The number of carbonyl (C=O) groups excluding carboxylic acids is 4. The van der Waals surface area contributed by atoms with Gasteiger partial charge in [0.25, 0.3) is 5.91 Å². The second kappa shape index (κ2) is 10.6. The molecular formula is C21H24N4O4. The van der Waals surface area contributed by atoms with Crippen LogP contribution in [0, 0.1) is 0 Å². The van der Waals surface area contributed by atoms with E-state index in [1.165, 1.54) is 0 Å². The van der Waals surface area contributed by atoms with Crippen LogP contribution in [0.1, 0.15) is 42.2 Å². The summed E-state index contributed by atoms with van der Waals surface area (Å²) in [5.41, 5.74) is 5.46. The monoisotopic (exact) mass is 396 g/mol. The summed E-state index contributed by atoms with van der Waals surface area (Å²) < 4.78 is 0. The normalized spacial score (nSPS) is 11.3. The predicted octanol–water partition coefficient (Wildman–Crippen LogP) is 1.22. The highest BCUT2D eigenvalue weighted by Crippen LogP contribution is 2.17. The van der Waals surface area contributed by atoms with Crippen LogP contribution in [-0.4, -0.2) is 29.7 Å². The number of carbonyl (C=O) groups is 4. The lowest BCUT2D eigenvalue weighted by atomic mass is 10.0. The van der Waals surface area contributed by atoms with Gasteiger partial charge >= 0.3 is 11.8 Å². The van der Waals surface area contributed by atoms with Crippen molar-refractivity contribution in [3.05, 3.63) is 71.8 Å². The van der Waals surface area contributed by atoms with Crippen molar-refractivity contribution in [2.75, 3.05) is 0 Å². The molecular weight excluding hydrogens is 372 g/mol. The van der Waals surface area contributed by atoms with E-state index in [4.69, 9.17) is 0 Å². The zero-order valence-corrected chi connectivity index (χ0v) is 16.3. The number of benzene rings is 2. The first-order valence-corrected chi connectivity index (χ1v) is 9.17. The minimum atomic E-state index is -0.975. The molecule has 4 N–H and O–H groups in total. The van der Waals surface area contributed by atoms with Crippen molar-refractivity contribution in [3.8, 4) is 0 Å². The highest BCUT2D eigenvalue weighted by atomic mass is 16.2. The third-order valence-electron chi connectivity index (χ3n) is 3.87. The molecule has 2 aromatic carbocycles. The summed E-state index contributed by atoms with van der Waals surface area (Å²) in [7, 11) is 0. The van der Waals surface area contributed by atoms with Crippen LogP contribution >= 0.6 is 0 Å². The van der Waals surface area contributed by atoms with Gasteiger partial charge in [0.2, 0.25) is 5.91 Å². The molecule has 0 radical (unpaired) electrons. The Bertz CT molecular complexity index is 853. The highest BCUT2D eigenvalue weighted by Gasteiger charge is 2.20. The molecule has 0 fully saturated rings. The molecule has 0 spiro atoms. The predicted molar refractivity (Wildman–Crippen MR) is 107 cm³/mol. The largest absolute Gasteiger partial charge is 0.346 e. The summed E-state index contributed by atoms with van der Waals surface area (Å²) in [6.07, 6.45) is -0.130. The van der Waals surface area contributed by atoms with Gasteiger partial charge in [-0.15, -0.1) is 0 Å². The van der Waals surface area contributed by atoms with Gasteiger partial charge in [0.1, 0.15) is 0 Å². The minimum Gasteiger partial charge on any atom is -0.346 e. The third-order valence-corrected chi connectivity index (χ3v) is 3.87. The summed E-state index contributed by atoms with van der Waals surface area (Å²) in [6, 6.07) is 16.8. The van der Waals surface area contributed by atoms with Crippen LogP contribution in [0.2, 0.25) is 0 Å². The van der Waals surface area contributed by atoms with Crippen molar-refractivity contribution in [2.24, 2.45) is 0 Å². The van der Waals surface area contributed by atoms with Crippen LogP contribution in [0.4, 0.5) is 0 Å². The van der Waals surface area contributed by atoms with Crippen LogP contribution < -0.4 is 21.5 Å². The Morgan fingerprint density at radius 2 is 1.34 bits per heavy atom. The highest BCUT2D eigenvalue weighted by molar-refractivity contribution is 6.35. The Hall–Kier alpha value is -3.68. The molecule has 0 aliphatic rings. The van der Waals surface area contributed by atoms with Gasteiger partial charge in [0.15, 0.2) is 0 Å². The number of rotatable bonds is 6. The van der Waals surface area contributed by atoms with E-state index in [1.54, 1.807) is 68.4 Å². The van der Waals surface area contributed by atoms with Crippen molar-refractivity contribution in [2.45, 2.75) is 32.4 Å². The molecule has 0 aromatic heterocycles. The van der Waals surface area contributed by atoms with Gasteiger partial charge in [-0.05, 0) is 31.5 Å². The smallest absolute Gasteiger partial charge is 0.327 e. The van der Waals surface area contributed by atoms with E-state index >= 15 is 0 Å². The standard InChI is InChI=1S/C21H24N4O4/c1-14(2)22-20(28)21(29)25-24-18(26)13-17(15-9-5-3-6-10-15)23-19(27)16-11-7-4-8-12-16/h3-12,14,17H,13H2,1-2H3,(H,22,28)(H,23,27)(H,24,26)(H,25,29)/t17-/m0/s1. The van der Waals surface area contributed by atoms with E-state index in [0.717, 1.165) is 5.56 Å². The summed E-state index contributed by atoms with van der Waals surface area (Å²) in [5.74, 6) is -2.71. The Labute approximate surface area is 169 Å². The molecule has 0 aliphatic heterocycles. The first kappa shape index (κ1) is 21.6. The Morgan fingerprint density at radius 3 is 1.93 bits per heavy atom. The minimum absolute atomic E-state index is 0.130. The van der Waals surface area contributed by atoms with Gasteiger partial charge in [-0.3, -0.25) is 30.0 Å². The molecule has 152 valence electrons. The summed E-state index contributed by atoms with van der Waals surface area (Å²) in [4.78, 5) is 48.1. The van der Waals surface area contributed by atoms with Crippen molar-refractivity contribution < 1.29 is 19.2 Å². The average Bonchev–Trinajstić information content (AvgIpc) is 2.72. The maximum Gasteiger partial charge on any atom is 0.327 e. The van der Waals surface area contributed by atoms with Crippen molar-refractivity contribution in [1.29, 1.82) is 0 Å².